The van der Waals surface area contributed by atoms with E-state index in [1.165, 1.54) is 7.11 Å². The molecule has 0 amide bonds. The van der Waals surface area contributed by atoms with Gasteiger partial charge in [-0.3, -0.25) is 9.71 Å². The highest BCUT2D eigenvalue weighted by atomic mass is 35.5. The number of halogens is 1. The number of ether oxygens (including phenoxy) is 1. The lowest BCUT2D eigenvalue weighted by Crippen LogP contribution is -2.29. The first-order valence-corrected chi connectivity index (χ1v) is 14.9. The van der Waals surface area contributed by atoms with Gasteiger partial charge in [-0.25, -0.2) is 8.42 Å². The molecule has 2 atom stereocenters. The van der Waals surface area contributed by atoms with Gasteiger partial charge in [0.25, 0.3) is 0 Å². The largest absolute Gasteiger partial charge is 0.494 e. The minimum atomic E-state index is -3.49. The molecule has 4 aromatic rings. The molecule has 3 heterocycles. The van der Waals surface area contributed by atoms with Crippen LogP contribution in [0, 0.1) is 13.8 Å². The van der Waals surface area contributed by atoms with Crippen LogP contribution in [0.5, 0.6) is 5.75 Å². The third-order valence-corrected chi connectivity index (χ3v) is 7.85. The molecule has 202 valence electrons. The number of rotatable bonds is 7. The number of hydrogen-bond donors (Lipinski definition) is 2. The summed E-state index contributed by atoms with van der Waals surface area (Å²) < 4.78 is 34.0. The molecule has 11 heteroatoms. The highest BCUT2D eigenvalue weighted by molar-refractivity contribution is 7.92. The van der Waals surface area contributed by atoms with Gasteiger partial charge in [0.05, 0.1) is 36.8 Å². The number of hydrogen-bond acceptors (Lipinski definition) is 5. The maximum Gasteiger partial charge on any atom is 0.229 e. The Labute approximate surface area is 238 Å². The first-order valence-electron chi connectivity index (χ1n) is 12.2. The zero-order valence-corrected chi connectivity index (χ0v) is 24.2. The standard InChI is InChI=1S/C28H28ClN5O3S2/c1-17-14-22(18(2)33(17)20-9-7-8-19(29)15-20)27-26(24-10-5-6-13-30-24)31-28(38)34(27)21-11-12-23(25(16-21)37-3)32-39(4,35)36/h5-16,26-27,32H,1-4H3,(H,31,38). The topological polar surface area (TPSA) is 88.5 Å². The van der Waals surface area contributed by atoms with Gasteiger partial charge >= 0.3 is 0 Å². The fraction of sp³-hybridized carbons (Fsp3) is 0.214. The summed E-state index contributed by atoms with van der Waals surface area (Å²) in [6.07, 6.45) is 2.87. The van der Waals surface area contributed by atoms with E-state index in [1.807, 2.05) is 53.4 Å². The van der Waals surface area contributed by atoms with E-state index in [4.69, 9.17) is 28.6 Å². The van der Waals surface area contributed by atoms with E-state index >= 15 is 0 Å². The number of nitrogens with one attached hydrogen (secondary N) is 2. The molecule has 39 heavy (non-hydrogen) atoms. The minimum absolute atomic E-state index is 0.244. The van der Waals surface area contributed by atoms with Crippen LogP contribution in [0.1, 0.15) is 34.7 Å². The van der Waals surface area contributed by atoms with Crippen molar-refractivity contribution in [3.63, 3.8) is 0 Å². The molecule has 0 saturated carbocycles. The van der Waals surface area contributed by atoms with Gasteiger partial charge in [-0.1, -0.05) is 23.7 Å². The second-order valence-electron chi connectivity index (χ2n) is 9.40. The Morgan fingerprint density at radius 2 is 1.85 bits per heavy atom. The van der Waals surface area contributed by atoms with Gasteiger partial charge in [-0.2, -0.15) is 0 Å². The molecule has 5 rings (SSSR count). The van der Waals surface area contributed by atoms with Crippen LogP contribution in [0.3, 0.4) is 0 Å². The second-order valence-corrected chi connectivity index (χ2v) is 12.0. The SMILES string of the molecule is COc1cc(N2C(=S)NC(c3ccccn3)C2c2cc(C)n(-c3cccc(Cl)c3)c2C)ccc1NS(C)(=O)=O. The molecular formula is C28H28ClN5O3S2. The van der Waals surface area contributed by atoms with Crippen molar-refractivity contribution >= 4 is 50.3 Å². The van der Waals surface area contributed by atoms with Crippen LogP contribution in [0.4, 0.5) is 11.4 Å². The maximum atomic E-state index is 11.9. The predicted octanol–water partition coefficient (Wildman–Crippen LogP) is 5.70. The van der Waals surface area contributed by atoms with Gasteiger partial charge < -0.3 is 19.5 Å². The first kappa shape index (κ1) is 27.0. The maximum absolute atomic E-state index is 11.9. The minimum Gasteiger partial charge on any atom is -0.494 e. The third-order valence-electron chi connectivity index (χ3n) is 6.71. The number of sulfonamides is 1. The lowest BCUT2D eigenvalue weighted by molar-refractivity contribution is 0.417. The molecule has 0 bridgehead atoms. The van der Waals surface area contributed by atoms with Gasteiger partial charge in [0.1, 0.15) is 5.75 Å². The fourth-order valence-electron chi connectivity index (χ4n) is 5.16. The molecule has 1 aliphatic heterocycles. The molecular weight excluding hydrogens is 554 g/mol. The van der Waals surface area contributed by atoms with E-state index < -0.39 is 10.0 Å². The number of methoxy groups -OCH3 is 1. The average Bonchev–Trinajstić information content (AvgIpc) is 3.38. The quantitative estimate of drug-likeness (QED) is 0.271. The average molecular weight is 582 g/mol. The summed E-state index contributed by atoms with van der Waals surface area (Å²) in [5.41, 5.74) is 6.07. The molecule has 2 aromatic carbocycles. The van der Waals surface area contributed by atoms with Crippen molar-refractivity contribution in [2.45, 2.75) is 25.9 Å². The fourth-order valence-corrected chi connectivity index (χ4v) is 6.26. The zero-order chi connectivity index (χ0) is 27.9. The number of aromatic nitrogens is 2. The van der Waals surface area contributed by atoms with Crippen LogP contribution < -0.4 is 19.7 Å². The van der Waals surface area contributed by atoms with E-state index in [9.17, 15) is 8.42 Å². The van der Waals surface area contributed by atoms with Crippen molar-refractivity contribution in [2.24, 2.45) is 0 Å². The number of nitrogens with zero attached hydrogens (tertiary/aromatic N) is 3. The number of anilines is 2. The van der Waals surface area contributed by atoms with Crippen LogP contribution in [0.2, 0.25) is 5.02 Å². The van der Waals surface area contributed by atoms with Gasteiger partial charge in [0, 0.05) is 40.0 Å². The summed E-state index contributed by atoms with van der Waals surface area (Å²) in [5, 5.41) is 4.66. The molecule has 2 unspecified atom stereocenters. The van der Waals surface area contributed by atoms with E-state index in [0.717, 1.165) is 40.3 Å². The van der Waals surface area contributed by atoms with Crippen molar-refractivity contribution in [1.82, 2.24) is 14.9 Å². The molecule has 1 saturated heterocycles. The van der Waals surface area contributed by atoms with E-state index in [1.54, 1.807) is 18.3 Å². The molecule has 8 nitrogen and oxygen atoms in total. The van der Waals surface area contributed by atoms with Crippen molar-refractivity contribution in [1.29, 1.82) is 0 Å². The Morgan fingerprint density at radius 3 is 2.51 bits per heavy atom. The van der Waals surface area contributed by atoms with Crippen LogP contribution in [-0.2, 0) is 10.0 Å². The van der Waals surface area contributed by atoms with E-state index in [2.05, 4.69) is 39.5 Å². The van der Waals surface area contributed by atoms with Gasteiger partial charge in [0.15, 0.2) is 5.11 Å². The van der Waals surface area contributed by atoms with E-state index in [0.29, 0.717) is 21.6 Å². The molecule has 0 spiro atoms. The Hall–Kier alpha value is -3.60. The number of pyridine rings is 1. The lowest BCUT2D eigenvalue weighted by atomic mass is 9.96. The number of thiocarbonyl (C=S) groups is 1. The number of aryl methyl sites for hydroxylation is 1. The Morgan fingerprint density at radius 1 is 1.05 bits per heavy atom. The molecule has 0 aliphatic carbocycles. The lowest BCUT2D eigenvalue weighted by Gasteiger charge is -2.29. The van der Waals surface area contributed by atoms with Crippen LogP contribution in [0.25, 0.3) is 5.69 Å². The molecule has 2 aromatic heterocycles. The predicted molar refractivity (Wildman–Crippen MR) is 160 cm³/mol. The molecule has 0 radical (unpaired) electrons. The number of benzene rings is 2. The van der Waals surface area contributed by atoms with Gasteiger partial charge in [-0.05, 0) is 80.2 Å². The van der Waals surface area contributed by atoms with Crippen LogP contribution >= 0.6 is 23.8 Å². The summed E-state index contributed by atoms with van der Waals surface area (Å²) in [6, 6.07) is 20.5. The van der Waals surface area contributed by atoms with Crippen molar-refractivity contribution in [2.75, 3.05) is 23.0 Å². The Bertz CT molecular complexity index is 1660. The highest BCUT2D eigenvalue weighted by Crippen LogP contribution is 2.45. The van der Waals surface area contributed by atoms with Crippen molar-refractivity contribution < 1.29 is 13.2 Å². The molecule has 2 N–H and O–H groups in total. The van der Waals surface area contributed by atoms with Crippen LogP contribution in [0.15, 0.2) is 72.9 Å². The summed E-state index contributed by atoms with van der Waals surface area (Å²) in [5.74, 6) is 0.380. The van der Waals surface area contributed by atoms with Crippen molar-refractivity contribution in [3.8, 4) is 11.4 Å². The van der Waals surface area contributed by atoms with E-state index in [-0.39, 0.29) is 12.1 Å². The Kier molecular flexibility index (Phi) is 7.28. The van der Waals surface area contributed by atoms with Crippen LogP contribution in [-0.4, -0.2) is 36.4 Å². The third kappa shape index (κ3) is 5.32. The molecule has 1 aliphatic rings. The summed E-state index contributed by atoms with van der Waals surface area (Å²) in [4.78, 5) is 6.67. The van der Waals surface area contributed by atoms with Crippen molar-refractivity contribution in [3.05, 3.63) is 101 Å². The van der Waals surface area contributed by atoms with Gasteiger partial charge in [0.2, 0.25) is 10.0 Å². The second kappa shape index (κ2) is 10.5. The molecule has 1 fully saturated rings. The normalized spacial score (nSPS) is 17.3. The van der Waals surface area contributed by atoms with Gasteiger partial charge in [-0.15, -0.1) is 0 Å². The Balaban J connectivity index is 1.67. The first-order chi connectivity index (χ1) is 18.6. The smallest absolute Gasteiger partial charge is 0.229 e. The summed E-state index contributed by atoms with van der Waals surface area (Å²) in [6.45, 7) is 4.14. The monoisotopic (exact) mass is 581 g/mol. The summed E-state index contributed by atoms with van der Waals surface area (Å²) in [7, 11) is -1.99. The highest BCUT2D eigenvalue weighted by Gasteiger charge is 2.42. The zero-order valence-electron chi connectivity index (χ0n) is 21.8. The summed E-state index contributed by atoms with van der Waals surface area (Å²) >= 11 is 12.2.